The minimum absolute atomic E-state index is 0.129. The molecule has 1 heterocycles. The molecule has 0 unspecified atom stereocenters. The summed E-state index contributed by atoms with van der Waals surface area (Å²) in [5, 5.41) is 12.4. The molecule has 13 heavy (non-hydrogen) atoms. The first-order chi connectivity index (χ1) is 6.26. The van der Waals surface area contributed by atoms with Gasteiger partial charge in [-0.15, -0.1) is 0 Å². The number of nitrogens with one attached hydrogen (secondary N) is 1. The van der Waals surface area contributed by atoms with Crippen molar-refractivity contribution in [2.45, 2.75) is 25.9 Å². The van der Waals surface area contributed by atoms with Gasteiger partial charge in [0.1, 0.15) is 5.76 Å². The average Bonchev–Trinajstić information content (AvgIpc) is 2.53. The first kappa shape index (κ1) is 10.6. The number of aliphatic hydroxyl groups is 1. The Kier molecular flexibility index (Phi) is 4.28. The molecule has 0 aliphatic carbocycles. The van der Waals surface area contributed by atoms with Crippen molar-refractivity contribution in [3.63, 3.8) is 0 Å². The van der Waals surface area contributed by atoms with E-state index in [4.69, 9.17) is 21.1 Å². The monoisotopic (exact) mass is 203 g/mol. The molecule has 0 amide bonds. The Morgan fingerprint density at radius 2 is 2.38 bits per heavy atom. The number of hydrogen-bond donors (Lipinski definition) is 2. The van der Waals surface area contributed by atoms with E-state index in [0.29, 0.717) is 11.8 Å². The lowest BCUT2D eigenvalue weighted by Crippen LogP contribution is -2.30. The van der Waals surface area contributed by atoms with E-state index >= 15 is 0 Å². The summed E-state index contributed by atoms with van der Waals surface area (Å²) in [5.74, 6) is 0.789. The van der Waals surface area contributed by atoms with Crippen LogP contribution in [0.15, 0.2) is 16.5 Å². The minimum Gasteiger partial charge on any atom is -0.448 e. The van der Waals surface area contributed by atoms with Gasteiger partial charge in [-0.1, -0.05) is 6.92 Å². The Morgan fingerprint density at radius 3 is 2.85 bits per heavy atom. The van der Waals surface area contributed by atoms with Crippen molar-refractivity contribution in [1.82, 2.24) is 5.32 Å². The fraction of sp³-hybridized carbons (Fsp3) is 0.556. The molecule has 0 aliphatic rings. The fourth-order valence-corrected chi connectivity index (χ4v) is 1.19. The van der Waals surface area contributed by atoms with Gasteiger partial charge < -0.3 is 14.8 Å². The summed E-state index contributed by atoms with van der Waals surface area (Å²) in [7, 11) is 0. The Hall–Kier alpha value is -0.510. The van der Waals surface area contributed by atoms with E-state index in [2.05, 4.69) is 5.32 Å². The van der Waals surface area contributed by atoms with Crippen LogP contribution >= 0.6 is 11.6 Å². The van der Waals surface area contributed by atoms with Crippen LogP contribution in [0.2, 0.25) is 5.22 Å². The van der Waals surface area contributed by atoms with E-state index in [-0.39, 0.29) is 12.6 Å². The topological polar surface area (TPSA) is 45.4 Å². The second-order valence-corrected chi connectivity index (χ2v) is 3.25. The third kappa shape index (κ3) is 3.38. The molecule has 0 fully saturated rings. The standard InChI is InChI=1S/C9H14ClNO2/c1-2-7(6-12)11-5-8-3-4-9(10)13-8/h3-4,7,11-12H,2,5-6H2,1H3/t7-/m0/s1. The highest BCUT2D eigenvalue weighted by molar-refractivity contribution is 6.28. The quantitative estimate of drug-likeness (QED) is 0.767. The van der Waals surface area contributed by atoms with Crippen LogP contribution in [0, 0.1) is 0 Å². The Bertz CT molecular complexity index is 246. The van der Waals surface area contributed by atoms with E-state index in [1.807, 2.05) is 13.0 Å². The summed E-state index contributed by atoms with van der Waals surface area (Å²) in [4.78, 5) is 0. The maximum atomic E-state index is 8.89. The van der Waals surface area contributed by atoms with Crippen molar-refractivity contribution in [3.8, 4) is 0 Å². The Labute approximate surface area is 82.7 Å². The zero-order valence-electron chi connectivity index (χ0n) is 7.59. The molecule has 0 saturated heterocycles. The lowest BCUT2D eigenvalue weighted by molar-refractivity contribution is 0.235. The first-order valence-corrected chi connectivity index (χ1v) is 4.72. The highest BCUT2D eigenvalue weighted by atomic mass is 35.5. The van der Waals surface area contributed by atoms with Gasteiger partial charge in [0, 0.05) is 6.04 Å². The molecule has 0 aromatic carbocycles. The molecule has 0 spiro atoms. The highest BCUT2D eigenvalue weighted by Crippen LogP contribution is 2.12. The molecule has 3 nitrogen and oxygen atoms in total. The summed E-state index contributed by atoms with van der Waals surface area (Å²) in [6, 6.07) is 3.65. The predicted octanol–water partition coefficient (Wildman–Crippen LogP) is 1.79. The van der Waals surface area contributed by atoms with E-state index in [1.54, 1.807) is 6.07 Å². The molecule has 4 heteroatoms. The van der Waals surface area contributed by atoms with Gasteiger partial charge in [-0.05, 0) is 30.2 Å². The van der Waals surface area contributed by atoms with Gasteiger partial charge >= 0.3 is 0 Å². The van der Waals surface area contributed by atoms with Crippen LogP contribution in [0.25, 0.3) is 0 Å². The molecule has 74 valence electrons. The van der Waals surface area contributed by atoms with Gasteiger partial charge in [-0.3, -0.25) is 0 Å². The van der Waals surface area contributed by atoms with Crippen LogP contribution in [0.1, 0.15) is 19.1 Å². The highest BCUT2D eigenvalue weighted by Gasteiger charge is 2.05. The molecular formula is C9H14ClNO2. The van der Waals surface area contributed by atoms with Crippen molar-refractivity contribution in [2.75, 3.05) is 6.61 Å². The number of halogens is 1. The van der Waals surface area contributed by atoms with Gasteiger partial charge in [-0.2, -0.15) is 0 Å². The zero-order valence-corrected chi connectivity index (χ0v) is 8.34. The van der Waals surface area contributed by atoms with E-state index < -0.39 is 0 Å². The summed E-state index contributed by atoms with van der Waals surface area (Å²) >= 11 is 5.60. The van der Waals surface area contributed by atoms with Gasteiger partial charge in [0.15, 0.2) is 5.22 Å². The third-order valence-corrected chi connectivity index (χ3v) is 2.11. The molecule has 1 aromatic heterocycles. The summed E-state index contributed by atoms with van der Waals surface area (Å²) in [6.45, 7) is 2.76. The summed E-state index contributed by atoms with van der Waals surface area (Å²) in [6.07, 6.45) is 0.894. The van der Waals surface area contributed by atoms with Gasteiger partial charge in [0.2, 0.25) is 0 Å². The molecule has 0 aliphatic heterocycles. The van der Waals surface area contributed by atoms with Crippen molar-refractivity contribution >= 4 is 11.6 Å². The average molecular weight is 204 g/mol. The Balaban J connectivity index is 2.33. The largest absolute Gasteiger partial charge is 0.448 e. The van der Waals surface area contributed by atoms with Gasteiger partial charge in [0.05, 0.1) is 13.2 Å². The van der Waals surface area contributed by atoms with Crippen molar-refractivity contribution in [3.05, 3.63) is 23.1 Å². The maximum absolute atomic E-state index is 8.89. The molecule has 0 radical (unpaired) electrons. The second kappa shape index (κ2) is 5.27. The van der Waals surface area contributed by atoms with E-state index in [9.17, 15) is 0 Å². The summed E-state index contributed by atoms with van der Waals surface area (Å²) < 4.78 is 5.14. The van der Waals surface area contributed by atoms with Gasteiger partial charge in [-0.25, -0.2) is 0 Å². The second-order valence-electron chi connectivity index (χ2n) is 2.87. The molecule has 0 bridgehead atoms. The molecule has 0 saturated carbocycles. The van der Waals surface area contributed by atoms with Crippen molar-refractivity contribution in [2.24, 2.45) is 0 Å². The maximum Gasteiger partial charge on any atom is 0.193 e. The van der Waals surface area contributed by atoms with Crippen LogP contribution in [0.5, 0.6) is 0 Å². The predicted molar refractivity (Wildman–Crippen MR) is 51.7 cm³/mol. The SMILES string of the molecule is CC[C@@H](CO)NCc1ccc(Cl)o1. The number of aliphatic hydroxyl groups excluding tert-OH is 1. The molecule has 1 rings (SSSR count). The van der Waals surface area contributed by atoms with Crippen molar-refractivity contribution < 1.29 is 9.52 Å². The number of furan rings is 1. The van der Waals surface area contributed by atoms with E-state index in [0.717, 1.165) is 12.2 Å². The van der Waals surface area contributed by atoms with Gasteiger partial charge in [0.25, 0.3) is 0 Å². The fourth-order valence-electron chi connectivity index (χ4n) is 1.03. The van der Waals surface area contributed by atoms with Crippen molar-refractivity contribution in [1.29, 1.82) is 0 Å². The normalized spacial score (nSPS) is 13.2. The Morgan fingerprint density at radius 1 is 1.62 bits per heavy atom. The molecule has 1 atom stereocenters. The lowest BCUT2D eigenvalue weighted by Gasteiger charge is -2.11. The van der Waals surface area contributed by atoms with Crippen LogP contribution in [0.4, 0.5) is 0 Å². The van der Waals surface area contributed by atoms with Crippen LogP contribution in [0.3, 0.4) is 0 Å². The smallest absolute Gasteiger partial charge is 0.193 e. The lowest BCUT2D eigenvalue weighted by atomic mass is 10.2. The zero-order chi connectivity index (χ0) is 9.68. The van der Waals surface area contributed by atoms with Crippen LogP contribution in [-0.2, 0) is 6.54 Å². The van der Waals surface area contributed by atoms with Crippen LogP contribution in [-0.4, -0.2) is 17.8 Å². The third-order valence-electron chi connectivity index (χ3n) is 1.91. The summed E-state index contributed by atoms with van der Waals surface area (Å²) in [5.41, 5.74) is 0. The molecule has 1 aromatic rings. The van der Waals surface area contributed by atoms with E-state index in [1.165, 1.54) is 0 Å². The number of hydrogen-bond acceptors (Lipinski definition) is 3. The number of rotatable bonds is 5. The molecule has 2 N–H and O–H groups in total. The molecular weight excluding hydrogens is 190 g/mol. The van der Waals surface area contributed by atoms with Crippen LogP contribution < -0.4 is 5.32 Å². The minimum atomic E-state index is 0.129. The first-order valence-electron chi connectivity index (χ1n) is 4.34.